The third-order valence-corrected chi connectivity index (χ3v) is 3.62. The summed E-state index contributed by atoms with van der Waals surface area (Å²) in [7, 11) is 0. The van der Waals surface area contributed by atoms with E-state index in [1.54, 1.807) is 30.3 Å². The third-order valence-electron chi connectivity index (χ3n) is 3.62. The van der Waals surface area contributed by atoms with E-state index in [1.807, 2.05) is 0 Å². The molecule has 0 saturated carbocycles. The fourth-order valence-electron chi connectivity index (χ4n) is 2.38. The Hall–Kier alpha value is -2.56. The number of carbonyl (C=O) groups excluding carboxylic acids is 1. The molecule has 0 aromatic heterocycles. The minimum absolute atomic E-state index is 0.164. The van der Waals surface area contributed by atoms with E-state index < -0.39 is 0 Å². The minimum atomic E-state index is -0.259. The predicted octanol–water partition coefficient (Wildman–Crippen LogP) is 2.96. The minimum Gasteiger partial charge on any atom is -0.490 e. The quantitative estimate of drug-likeness (QED) is 0.943. The van der Waals surface area contributed by atoms with Crippen LogP contribution in [-0.2, 0) is 6.42 Å². The van der Waals surface area contributed by atoms with Crippen LogP contribution in [0.15, 0.2) is 42.5 Å². The van der Waals surface area contributed by atoms with Crippen molar-refractivity contribution in [2.45, 2.75) is 12.8 Å². The molecule has 3 rings (SSSR count). The van der Waals surface area contributed by atoms with Crippen molar-refractivity contribution in [3.63, 3.8) is 0 Å². The lowest BCUT2D eigenvalue weighted by Crippen LogP contribution is -2.25. The molecule has 1 aliphatic rings. The number of benzene rings is 2. The van der Waals surface area contributed by atoms with Gasteiger partial charge in [0.15, 0.2) is 11.5 Å². The fourth-order valence-corrected chi connectivity index (χ4v) is 2.38. The summed E-state index contributed by atoms with van der Waals surface area (Å²) in [6, 6.07) is 11.5. The lowest BCUT2D eigenvalue weighted by Gasteiger charge is -2.10. The van der Waals surface area contributed by atoms with Gasteiger partial charge in [0.05, 0.1) is 13.2 Å². The van der Waals surface area contributed by atoms with E-state index in [0.717, 1.165) is 12.0 Å². The van der Waals surface area contributed by atoms with Gasteiger partial charge in [-0.3, -0.25) is 4.79 Å². The smallest absolute Gasteiger partial charge is 0.251 e. The summed E-state index contributed by atoms with van der Waals surface area (Å²) in [6.07, 6.45) is 1.48. The Morgan fingerprint density at radius 1 is 1.04 bits per heavy atom. The molecule has 0 unspecified atom stereocenters. The normalized spacial score (nSPS) is 13.3. The topological polar surface area (TPSA) is 47.6 Å². The zero-order chi connectivity index (χ0) is 16.1. The molecule has 120 valence electrons. The van der Waals surface area contributed by atoms with E-state index in [2.05, 4.69) is 5.32 Å². The van der Waals surface area contributed by atoms with E-state index in [9.17, 15) is 9.18 Å². The van der Waals surface area contributed by atoms with Crippen molar-refractivity contribution in [2.24, 2.45) is 0 Å². The molecular weight excluding hydrogens is 297 g/mol. The second-order valence-electron chi connectivity index (χ2n) is 5.34. The van der Waals surface area contributed by atoms with Crippen LogP contribution in [-0.4, -0.2) is 25.7 Å². The van der Waals surface area contributed by atoms with Crippen molar-refractivity contribution < 1.29 is 18.7 Å². The van der Waals surface area contributed by atoms with Crippen LogP contribution in [0.2, 0.25) is 0 Å². The Morgan fingerprint density at radius 2 is 1.78 bits per heavy atom. The highest BCUT2D eigenvalue weighted by atomic mass is 19.1. The molecule has 0 spiro atoms. The largest absolute Gasteiger partial charge is 0.490 e. The van der Waals surface area contributed by atoms with Crippen LogP contribution in [0.5, 0.6) is 11.5 Å². The van der Waals surface area contributed by atoms with Crippen molar-refractivity contribution in [3.05, 3.63) is 59.4 Å². The zero-order valence-corrected chi connectivity index (χ0v) is 12.7. The van der Waals surface area contributed by atoms with E-state index in [0.29, 0.717) is 43.2 Å². The SMILES string of the molecule is O=C(NCCc1ccc(F)cc1)c1ccc2c(c1)OCCCO2. The van der Waals surface area contributed by atoms with Crippen LogP contribution in [0.1, 0.15) is 22.3 Å². The van der Waals surface area contributed by atoms with E-state index in [4.69, 9.17) is 9.47 Å². The fraction of sp³-hybridized carbons (Fsp3) is 0.278. The molecule has 1 amide bonds. The van der Waals surface area contributed by atoms with Gasteiger partial charge in [-0.2, -0.15) is 0 Å². The first kappa shape index (κ1) is 15.3. The van der Waals surface area contributed by atoms with Gasteiger partial charge in [-0.25, -0.2) is 4.39 Å². The van der Waals surface area contributed by atoms with Gasteiger partial charge in [-0.05, 0) is 42.3 Å². The monoisotopic (exact) mass is 315 g/mol. The maximum Gasteiger partial charge on any atom is 0.251 e. The van der Waals surface area contributed by atoms with Crippen LogP contribution >= 0.6 is 0 Å². The molecule has 0 radical (unpaired) electrons. The average molecular weight is 315 g/mol. The van der Waals surface area contributed by atoms with Crippen molar-refractivity contribution in [1.82, 2.24) is 5.32 Å². The van der Waals surface area contributed by atoms with Crippen molar-refractivity contribution >= 4 is 5.91 Å². The first-order chi connectivity index (χ1) is 11.2. The second-order valence-corrected chi connectivity index (χ2v) is 5.34. The third kappa shape index (κ3) is 4.00. The maximum absolute atomic E-state index is 12.8. The Morgan fingerprint density at radius 3 is 2.57 bits per heavy atom. The molecule has 4 nitrogen and oxygen atoms in total. The van der Waals surface area contributed by atoms with Crippen LogP contribution in [0.25, 0.3) is 0 Å². The highest BCUT2D eigenvalue weighted by Crippen LogP contribution is 2.30. The number of hydrogen-bond acceptors (Lipinski definition) is 3. The molecule has 0 saturated heterocycles. The van der Waals surface area contributed by atoms with Crippen molar-refractivity contribution in [1.29, 1.82) is 0 Å². The van der Waals surface area contributed by atoms with Gasteiger partial charge in [0.25, 0.3) is 5.91 Å². The molecule has 1 aliphatic heterocycles. The Kier molecular flexibility index (Phi) is 4.76. The van der Waals surface area contributed by atoms with Gasteiger partial charge < -0.3 is 14.8 Å². The number of hydrogen-bond donors (Lipinski definition) is 1. The van der Waals surface area contributed by atoms with Crippen LogP contribution < -0.4 is 14.8 Å². The molecule has 2 aromatic carbocycles. The second kappa shape index (κ2) is 7.13. The highest BCUT2D eigenvalue weighted by Gasteiger charge is 2.13. The number of carbonyl (C=O) groups is 1. The molecule has 0 aliphatic carbocycles. The van der Waals surface area contributed by atoms with Gasteiger partial charge in [0.1, 0.15) is 5.82 Å². The van der Waals surface area contributed by atoms with E-state index >= 15 is 0 Å². The molecule has 1 heterocycles. The molecule has 0 bridgehead atoms. The maximum atomic E-state index is 12.8. The standard InChI is InChI=1S/C18H18FNO3/c19-15-5-2-13(3-6-15)8-9-20-18(21)14-4-7-16-17(12-14)23-11-1-10-22-16/h2-7,12H,1,8-11H2,(H,20,21). The van der Waals surface area contributed by atoms with E-state index in [-0.39, 0.29) is 11.7 Å². The summed E-state index contributed by atoms with van der Waals surface area (Å²) in [6.45, 7) is 1.69. The van der Waals surface area contributed by atoms with Crippen LogP contribution in [0.4, 0.5) is 4.39 Å². The van der Waals surface area contributed by atoms with Gasteiger partial charge in [-0.15, -0.1) is 0 Å². The summed E-state index contributed by atoms with van der Waals surface area (Å²) in [4.78, 5) is 12.2. The van der Waals surface area contributed by atoms with Gasteiger partial charge in [0.2, 0.25) is 0 Å². The van der Waals surface area contributed by atoms with Gasteiger partial charge in [-0.1, -0.05) is 12.1 Å². The molecule has 5 heteroatoms. The Bertz CT molecular complexity index is 685. The van der Waals surface area contributed by atoms with Crippen LogP contribution in [0, 0.1) is 5.82 Å². The highest BCUT2D eigenvalue weighted by molar-refractivity contribution is 5.94. The number of halogens is 1. The summed E-state index contributed by atoms with van der Waals surface area (Å²) in [5.74, 6) is 0.854. The first-order valence-electron chi connectivity index (χ1n) is 7.65. The molecule has 23 heavy (non-hydrogen) atoms. The zero-order valence-electron chi connectivity index (χ0n) is 12.7. The lowest BCUT2D eigenvalue weighted by atomic mass is 10.1. The summed E-state index contributed by atoms with van der Waals surface area (Å²) in [5, 5.41) is 2.86. The number of ether oxygens (including phenoxy) is 2. The van der Waals surface area contributed by atoms with Gasteiger partial charge >= 0.3 is 0 Å². The average Bonchev–Trinajstić information content (AvgIpc) is 2.81. The van der Waals surface area contributed by atoms with Crippen LogP contribution in [0.3, 0.4) is 0 Å². The molecular formula is C18H18FNO3. The number of amides is 1. The lowest BCUT2D eigenvalue weighted by molar-refractivity contribution is 0.0953. The molecule has 1 N–H and O–H groups in total. The number of rotatable bonds is 4. The predicted molar refractivity (Wildman–Crippen MR) is 84.5 cm³/mol. The number of nitrogens with one attached hydrogen (secondary N) is 1. The molecule has 0 fully saturated rings. The Balaban J connectivity index is 1.57. The van der Waals surface area contributed by atoms with E-state index in [1.165, 1.54) is 12.1 Å². The van der Waals surface area contributed by atoms with Crippen molar-refractivity contribution in [3.8, 4) is 11.5 Å². The molecule has 0 atom stereocenters. The molecule has 2 aromatic rings. The summed E-state index contributed by atoms with van der Waals surface area (Å²) in [5.41, 5.74) is 1.51. The Labute approximate surface area is 134 Å². The van der Waals surface area contributed by atoms with Crippen molar-refractivity contribution in [2.75, 3.05) is 19.8 Å². The summed E-state index contributed by atoms with van der Waals surface area (Å²) < 4.78 is 24.0. The van der Waals surface area contributed by atoms with Gasteiger partial charge in [0, 0.05) is 18.5 Å². The summed E-state index contributed by atoms with van der Waals surface area (Å²) >= 11 is 0. The first-order valence-corrected chi connectivity index (χ1v) is 7.65. The number of fused-ring (bicyclic) bond motifs is 1.